The fraction of sp³-hybridized carbons (Fsp3) is 0.235. The second-order valence-electron chi connectivity index (χ2n) is 5.33. The normalized spacial score (nSPS) is 11.3. The quantitative estimate of drug-likeness (QED) is 0.691. The molecule has 0 aliphatic rings. The average Bonchev–Trinajstić information content (AvgIpc) is 2.54. The zero-order valence-electron chi connectivity index (χ0n) is 13.2. The number of benzene rings is 2. The third-order valence-corrected chi connectivity index (χ3v) is 3.47. The van der Waals surface area contributed by atoms with Gasteiger partial charge < -0.3 is 10.1 Å². The first kappa shape index (κ1) is 20.0. The standard InChI is InChI=1S/C17H13ClF5NO2/c18-11-2-5-15(26-9-17(21,22)23)14(8-11)24-16(25)6-1-10-7-12(19)3-4-13(10)20/h2-5,7-8H,1,6,9H2,(H,24,25). The molecule has 1 N–H and O–H groups in total. The Balaban J connectivity index is 2.03. The molecule has 0 atom stereocenters. The summed E-state index contributed by atoms with van der Waals surface area (Å²) in [7, 11) is 0. The zero-order valence-corrected chi connectivity index (χ0v) is 13.9. The van der Waals surface area contributed by atoms with E-state index in [9.17, 15) is 26.7 Å². The second kappa shape index (κ2) is 8.35. The molecule has 0 aromatic heterocycles. The number of aryl methyl sites for hydroxylation is 1. The van der Waals surface area contributed by atoms with E-state index < -0.39 is 30.3 Å². The van der Waals surface area contributed by atoms with Gasteiger partial charge in [-0.1, -0.05) is 11.6 Å². The van der Waals surface area contributed by atoms with Crippen LogP contribution in [0.3, 0.4) is 0 Å². The van der Waals surface area contributed by atoms with Crippen LogP contribution in [0.1, 0.15) is 12.0 Å². The molecular weight excluding hydrogens is 381 g/mol. The van der Waals surface area contributed by atoms with Crippen LogP contribution >= 0.6 is 11.6 Å². The number of nitrogens with one attached hydrogen (secondary N) is 1. The van der Waals surface area contributed by atoms with Crippen LogP contribution in [0, 0.1) is 11.6 Å². The van der Waals surface area contributed by atoms with Crippen molar-refractivity contribution in [2.45, 2.75) is 19.0 Å². The summed E-state index contributed by atoms with van der Waals surface area (Å²) in [6.45, 7) is -1.54. The van der Waals surface area contributed by atoms with Crippen molar-refractivity contribution in [1.29, 1.82) is 0 Å². The Hall–Kier alpha value is -2.35. The molecule has 0 aliphatic carbocycles. The Labute approximate surface area is 150 Å². The Kier molecular flexibility index (Phi) is 6.42. The predicted molar refractivity (Wildman–Crippen MR) is 86.3 cm³/mol. The number of anilines is 1. The van der Waals surface area contributed by atoms with Gasteiger partial charge in [-0.15, -0.1) is 0 Å². The molecule has 2 rings (SSSR count). The maximum Gasteiger partial charge on any atom is 0.422 e. The molecule has 0 bridgehead atoms. The summed E-state index contributed by atoms with van der Waals surface area (Å²) in [5.74, 6) is -2.12. The maximum absolute atomic E-state index is 13.5. The Bertz CT molecular complexity index is 795. The van der Waals surface area contributed by atoms with E-state index in [1.807, 2.05) is 0 Å². The van der Waals surface area contributed by atoms with E-state index in [-0.39, 0.29) is 34.9 Å². The van der Waals surface area contributed by atoms with Crippen molar-refractivity contribution < 1.29 is 31.5 Å². The predicted octanol–water partition coefficient (Wildman–Crippen LogP) is 5.13. The molecule has 0 aliphatic heterocycles. The number of hydrogen-bond acceptors (Lipinski definition) is 2. The van der Waals surface area contributed by atoms with Gasteiger partial charge >= 0.3 is 6.18 Å². The van der Waals surface area contributed by atoms with Gasteiger partial charge in [0.2, 0.25) is 5.91 Å². The number of hydrogen-bond donors (Lipinski definition) is 1. The molecule has 0 spiro atoms. The molecule has 3 nitrogen and oxygen atoms in total. The highest BCUT2D eigenvalue weighted by Crippen LogP contribution is 2.30. The fourth-order valence-electron chi connectivity index (χ4n) is 2.08. The van der Waals surface area contributed by atoms with Crippen molar-refractivity contribution in [1.82, 2.24) is 0 Å². The van der Waals surface area contributed by atoms with E-state index in [1.165, 1.54) is 18.2 Å². The molecular formula is C17H13ClF5NO2. The van der Waals surface area contributed by atoms with Crippen LogP contribution < -0.4 is 10.1 Å². The molecule has 26 heavy (non-hydrogen) atoms. The van der Waals surface area contributed by atoms with Crippen molar-refractivity contribution in [3.05, 3.63) is 58.6 Å². The van der Waals surface area contributed by atoms with Crippen molar-refractivity contribution in [2.24, 2.45) is 0 Å². The highest BCUT2D eigenvalue weighted by molar-refractivity contribution is 6.31. The SMILES string of the molecule is O=C(CCc1cc(F)ccc1F)Nc1cc(Cl)ccc1OCC(F)(F)F. The fourth-order valence-corrected chi connectivity index (χ4v) is 2.25. The summed E-state index contributed by atoms with van der Waals surface area (Å²) >= 11 is 5.78. The largest absolute Gasteiger partial charge is 0.482 e. The molecule has 0 radical (unpaired) electrons. The van der Waals surface area contributed by atoms with Crippen LogP contribution in [-0.4, -0.2) is 18.7 Å². The van der Waals surface area contributed by atoms with E-state index in [0.29, 0.717) is 0 Å². The van der Waals surface area contributed by atoms with Gasteiger partial charge in [-0.2, -0.15) is 13.2 Å². The molecule has 2 aromatic carbocycles. The summed E-state index contributed by atoms with van der Waals surface area (Å²) in [4.78, 5) is 12.0. The molecule has 9 heteroatoms. The summed E-state index contributed by atoms with van der Waals surface area (Å²) in [5.41, 5.74) is -0.0359. The zero-order chi connectivity index (χ0) is 19.3. The van der Waals surface area contributed by atoms with E-state index in [1.54, 1.807) is 0 Å². The minimum Gasteiger partial charge on any atom is -0.482 e. The van der Waals surface area contributed by atoms with Crippen molar-refractivity contribution in [2.75, 3.05) is 11.9 Å². The van der Waals surface area contributed by atoms with Crippen LogP contribution in [0.2, 0.25) is 5.02 Å². The topological polar surface area (TPSA) is 38.3 Å². The average molecular weight is 394 g/mol. The Morgan fingerprint density at radius 3 is 2.54 bits per heavy atom. The van der Waals surface area contributed by atoms with Crippen LogP contribution in [0.15, 0.2) is 36.4 Å². The third-order valence-electron chi connectivity index (χ3n) is 3.24. The molecule has 0 fully saturated rings. The Morgan fingerprint density at radius 2 is 1.85 bits per heavy atom. The number of alkyl halides is 3. The molecule has 140 valence electrons. The van der Waals surface area contributed by atoms with Gasteiger partial charge in [-0.3, -0.25) is 4.79 Å². The van der Waals surface area contributed by atoms with Gasteiger partial charge in [0.25, 0.3) is 0 Å². The number of ether oxygens (including phenoxy) is 1. The number of halogens is 6. The molecule has 0 heterocycles. The first-order valence-electron chi connectivity index (χ1n) is 7.37. The lowest BCUT2D eigenvalue weighted by atomic mass is 10.1. The van der Waals surface area contributed by atoms with Gasteiger partial charge in [-0.05, 0) is 48.4 Å². The molecule has 1 amide bonds. The van der Waals surface area contributed by atoms with Gasteiger partial charge in [0.05, 0.1) is 5.69 Å². The Morgan fingerprint density at radius 1 is 1.12 bits per heavy atom. The number of amides is 1. The van der Waals surface area contributed by atoms with Crippen molar-refractivity contribution >= 4 is 23.2 Å². The van der Waals surface area contributed by atoms with Gasteiger partial charge in [0.1, 0.15) is 17.4 Å². The summed E-state index contributed by atoms with van der Waals surface area (Å²) < 4.78 is 68.2. The van der Waals surface area contributed by atoms with Crippen LogP contribution in [0.5, 0.6) is 5.75 Å². The van der Waals surface area contributed by atoms with Crippen LogP contribution in [0.25, 0.3) is 0 Å². The number of carbonyl (C=O) groups is 1. The van der Waals surface area contributed by atoms with Crippen molar-refractivity contribution in [3.63, 3.8) is 0 Å². The van der Waals surface area contributed by atoms with E-state index in [4.69, 9.17) is 11.6 Å². The molecule has 0 saturated carbocycles. The summed E-state index contributed by atoms with van der Waals surface area (Å²) in [6, 6.07) is 6.60. The molecule has 0 unspecified atom stereocenters. The van der Waals surface area contributed by atoms with E-state index in [2.05, 4.69) is 10.1 Å². The number of carbonyl (C=O) groups excluding carboxylic acids is 1. The second-order valence-corrected chi connectivity index (χ2v) is 5.76. The van der Waals surface area contributed by atoms with E-state index >= 15 is 0 Å². The van der Waals surface area contributed by atoms with Crippen molar-refractivity contribution in [3.8, 4) is 5.75 Å². The maximum atomic E-state index is 13.5. The minimum atomic E-state index is -4.55. The molecule has 0 saturated heterocycles. The first-order valence-corrected chi connectivity index (χ1v) is 7.75. The molecule has 2 aromatic rings. The number of rotatable bonds is 6. The highest BCUT2D eigenvalue weighted by Gasteiger charge is 2.29. The van der Waals surface area contributed by atoms with Crippen LogP contribution in [-0.2, 0) is 11.2 Å². The van der Waals surface area contributed by atoms with E-state index in [0.717, 1.165) is 18.2 Å². The van der Waals surface area contributed by atoms with Gasteiger partial charge in [0, 0.05) is 11.4 Å². The summed E-state index contributed by atoms with van der Waals surface area (Å²) in [6.07, 6.45) is -4.85. The lowest BCUT2D eigenvalue weighted by molar-refractivity contribution is -0.153. The first-order chi connectivity index (χ1) is 12.1. The smallest absolute Gasteiger partial charge is 0.422 e. The summed E-state index contributed by atoms with van der Waals surface area (Å²) in [5, 5.41) is 2.54. The lowest BCUT2D eigenvalue weighted by Gasteiger charge is -2.14. The van der Waals surface area contributed by atoms with Gasteiger partial charge in [-0.25, -0.2) is 8.78 Å². The highest BCUT2D eigenvalue weighted by atomic mass is 35.5. The lowest BCUT2D eigenvalue weighted by Crippen LogP contribution is -2.20. The van der Waals surface area contributed by atoms with Crippen LogP contribution in [0.4, 0.5) is 27.6 Å². The van der Waals surface area contributed by atoms with Gasteiger partial charge in [0.15, 0.2) is 6.61 Å². The third kappa shape index (κ3) is 6.18. The monoisotopic (exact) mass is 393 g/mol. The minimum absolute atomic E-state index is 0.0137.